The lowest BCUT2D eigenvalue weighted by Gasteiger charge is -2.34. The number of nitrogens with one attached hydrogen (secondary N) is 1. The number of nitrogens with zero attached hydrogens (tertiary/aromatic N) is 2. The predicted molar refractivity (Wildman–Crippen MR) is 87.3 cm³/mol. The quantitative estimate of drug-likeness (QED) is 0.909. The average Bonchev–Trinajstić information content (AvgIpc) is 3.00. The van der Waals surface area contributed by atoms with Crippen molar-refractivity contribution in [1.82, 2.24) is 15.2 Å². The first-order valence-corrected chi connectivity index (χ1v) is 8.69. The number of thiazole rings is 1. The zero-order valence-corrected chi connectivity index (χ0v) is 14.4. The summed E-state index contributed by atoms with van der Waals surface area (Å²) in [7, 11) is 1.95. The summed E-state index contributed by atoms with van der Waals surface area (Å²) in [5, 5.41) is 6.33. The minimum Gasteiger partial charge on any atom is -0.342 e. The fourth-order valence-corrected chi connectivity index (χ4v) is 3.60. The molecule has 0 aromatic carbocycles. The molecular formula is C16H27N3OS. The average molecular weight is 309 g/mol. The highest BCUT2D eigenvalue weighted by Gasteiger charge is 2.27. The third-order valence-electron chi connectivity index (χ3n) is 4.58. The maximum Gasteiger partial charge on any atom is 0.236 e. The van der Waals surface area contributed by atoms with Crippen LogP contribution in [0, 0.1) is 5.92 Å². The number of hydrogen-bond acceptors (Lipinski definition) is 4. The van der Waals surface area contributed by atoms with E-state index >= 15 is 0 Å². The van der Waals surface area contributed by atoms with Gasteiger partial charge < -0.3 is 4.90 Å². The highest BCUT2D eigenvalue weighted by atomic mass is 32.1. The SMILES string of the molecule is CC1CCC(N(C)C(=O)CNC(C)(C)c2nccs2)CC1. The van der Waals surface area contributed by atoms with E-state index in [1.807, 2.05) is 17.3 Å². The van der Waals surface area contributed by atoms with Crippen LogP contribution in [0.1, 0.15) is 51.5 Å². The number of rotatable bonds is 5. The van der Waals surface area contributed by atoms with Crippen molar-refractivity contribution in [2.75, 3.05) is 13.6 Å². The Morgan fingerprint density at radius 1 is 1.43 bits per heavy atom. The predicted octanol–water partition coefficient (Wildman–Crippen LogP) is 3.00. The molecule has 1 saturated carbocycles. The molecule has 1 aliphatic carbocycles. The summed E-state index contributed by atoms with van der Waals surface area (Å²) in [6, 6.07) is 0.415. The molecule has 1 aliphatic rings. The number of carbonyl (C=O) groups excluding carboxylic acids is 1. The molecule has 0 atom stereocenters. The minimum absolute atomic E-state index is 0.180. The van der Waals surface area contributed by atoms with E-state index in [0.29, 0.717) is 12.6 Å². The van der Waals surface area contributed by atoms with Crippen LogP contribution in [0.3, 0.4) is 0 Å². The molecule has 5 heteroatoms. The third kappa shape index (κ3) is 4.27. The number of aromatic nitrogens is 1. The second-order valence-corrected chi connectivity index (χ2v) is 7.63. The standard InChI is InChI=1S/C16H27N3OS/c1-12-5-7-13(8-6-12)19(4)14(20)11-18-16(2,3)15-17-9-10-21-15/h9-10,12-13,18H,5-8,11H2,1-4H3. The Morgan fingerprint density at radius 3 is 2.67 bits per heavy atom. The van der Waals surface area contributed by atoms with E-state index in [1.54, 1.807) is 17.5 Å². The van der Waals surface area contributed by atoms with Gasteiger partial charge in [-0.2, -0.15) is 0 Å². The normalized spacial score (nSPS) is 23.0. The Bertz CT molecular complexity index is 450. The van der Waals surface area contributed by atoms with Gasteiger partial charge in [0.05, 0.1) is 12.1 Å². The van der Waals surface area contributed by atoms with Crippen LogP contribution in [0.15, 0.2) is 11.6 Å². The van der Waals surface area contributed by atoms with Crippen molar-refractivity contribution in [1.29, 1.82) is 0 Å². The van der Waals surface area contributed by atoms with Crippen molar-refractivity contribution in [3.63, 3.8) is 0 Å². The zero-order valence-electron chi connectivity index (χ0n) is 13.6. The number of hydrogen-bond donors (Lipinski definition) is 1. The molecule has 1 fully saturated rings. The van der Waals surface area contributed by atoms with E-state index in [0.717, 1.165) is 23.8 Å². The van der Waals surface area contributed by atoms with Crippen molar-refractivity contribution in [3.8, 4) is 0 Å². The van der Waals surface area contributed by atoms with Crippen LogP contribution in [0.5, 0.6) is 0 Å². The van der Waals surface area contributed by atoms with Gasteiger partial charge in [-0.15, -0.1) is 11.3 Å². The van der Waals surface area contributed by atoms with Gasteiger partial charge >= 0.3 is 0 Å². The molecule has 21 heavy (non-hydrogen) atoms. The topological polar surface area (TPSA) is 45.2 Å². The molecule has 0 bridgehead atoms. The van der Waals surface area contributed by atoms with Crippen molar-refractivity contribution in [3.05, 3.63) is 16.6 Å². The monoisotopic (exact) mass is 309 g/mol. The van der Waals surface area contributed by atoms with E-state index in [2.05, 4.69) is 31.1 Å². The van der Waals surface area contributed by atoms with Crippen LogP contribution < -0.4 is 5.32 Å². The van der Waals surface area contributed by atoms with Gasteiger partial charge in [0.25, 0.3) is 0 Å². The lowest BCUT2D eigenvalue weighted by molar-refractivity contribution is -0.132. The molecule has 1 heterocycles. The van der Waals surface area contributed by atoms with Gasteiger partial charge in [0, 0.05) is 24.7 Å². The van der Waals surface area contributed by atoms with Gasteiger partial charge in [-0.1, -0.05) is 6.92 Å². The smallest absolute Gasteiger partial charge is 0.236 e. The summed E-state index contributed by atoms with van der Waals surface area (Å²) in [6.45, 7) is 6.81. The maximum absolute atomic E-state index is 12.4. The maximum atomic E-state index is 12.4. The van der Waals surface area contributed by atoms with Gasteiger partial charge in [-0.3, -0.25) is 10.1 Å². The molecule has 0 aliphatic heterocycles. The lowest BCUT2D eigenvalue weighted by atomic mass is 9.87. The number of carbonyl (C=O) groups is 1. The Morgan fingerprint density at radius 2 is 2.10 bits per heavy atom. The second-order valence-electron chi connectivity index (χ2n) is 6.73. The first-order chi connectivity index (χ1) is 9.90. The summed E-state index contributed by atoms with van der Waals surface area (Å²) in [5.41, 5.74) is -0.258. The Labute approximate surface area is 132 Å². The molecule has 1 N–H and O–H groups in total. The largest absolute Gasteiger partial charge is 0.342 e. The van der Waals surface area contributed by atoms with Crippen molar-refractivity contribution in [2.45, 2.75) is 58.0 Å². The van der Waals surface area contributed by atoms with E-state index in [9.17, 15) is 4.79 Å². The molecule has 1 aromatic rings. The Kier molecular flexibility index (Phi) is 5.38. The van der Waals surface area contributed by atoms with Gasteiger partial charge in [0.2, 0.25) is 5.91 Å². The van der Waals surface area contributed by atoms with E-state index in [-0.39, 0.29) is 11.4 Å². The molecule has 118 valence electrons. The molecular weight excluding hydrogens is 282 g/mol. The van der Waals surface area contributed by atoms with Crippen molar-refractivity contribution >= 4 is 17.2 Å². The molecule has 0 unspecified atom stereocenters. The molecule has 1 aromatic heterocycles. The van der Waals surface area contributed by atoms with Crippen molar-refractivity contribution < 1.29 is 4.79 Å². The third-order valence-corrected chi connectivity index (χ3v) is 5.67. The fourth-order valence-electron chi connectivity index (χ4n) is 2.86. The zero-order chi connectivity index (χ0) is 15.5. The molecule has 0 saturated heterocycles. The first-order valence-electron chi connectivity index (χ1n) is 7.81. The van der Waals surface area contributed by atoms with Crippen LogP contribution in [0.2, 0.25) is 0 Å². The Balaban J connectivity index is 1.84. The van der Waals surface area contributed by atoms with Crippen LogP contribution >= 0.6 is 11.3 Å². The summed E-state index contributed by atoms with van der Waals surface area (Å²) >= 11 is 1.62. The van der Waals surface area contributed by atoms with Crippen LogP contribution in [-0.4, -0.2) is 35.4 Å². The van der Waals surface area contributed by atoms with Crippen LogP contribution in [0.25, 0.3) is 0 Å². The molecule has 2 rings (SSSR count). The molecule has 0 radical (unpaired) electrons. The van der Waals surface area contributed by atoms with E-state index in [1.165, 1.54) is 12.8 Å². The van der Waals surface area contributed by atoms with E-state index < -0.39 is 0 Å². The fraction of sp³-hybridized carbons (Fsp3) is 0.750. The van der Waals surface area contributed by atoms with Crippen molar-refractivity contribution in [2.24, 2.45) is 5.92 Å². The highest BCUT2D eigenvalue weighted by molar-refractivity contribution is 7.09. The number of likely N-dealkylation sites (N-methyl/N-ethyl adjacent to an activating group) is 1. The number of amides is 1. The van der Waals surface area contributed by atoms with Crippen LogP contribution in [-0.2, 0) is 10.3 Å². The highest BCUT2D eigenvalue weighted by Crippen LogP contribution is 2.26. The first kappa shape index (κ1) is 16.4. The summed E-state index contributed by atoms with van der Waals surface area (Å²) in [4.78, 5) is 18.7. The summed E-state index contributed by atoms with van der Waals surface area (Å²) in [6.07, 6.45) is 6.56. The lowest BCUT2D eigenvalue weighted by Crippen LogP contribution is -2.47. The summed E-state index contributed by atoms with van der Waals surface area (Å²) in [5.74, 6) is 0.992. The molecule has 4 nitrogen and oxygen atoms in total. The van der Waals surface area contributed by atoms with Crippen LogP contribution in [0.4, 0.5) is 0 Å². The van der Waals surface area contributed by atoms with Gasteiger partial charge in [0.15, 0.2) is 0 Å². The van der Waals surface area contributed by atoms with Gasteiger partial charge in [-0.05, 0) is 45.4 Å². The summed E-state index contributed by atoms with van der Waals surface area (Å²) < 4.78 is 0. The Hall–Kier alpha value is -0.940. The molecule has 0 spiro atoms. The van der Waals surface area contributed by atoms with Gasteiger partial charge in [-0.25, -0.2) is 4.98 Å². The second kappa shape index (κ2) is 6.88. The van der Waals surface area contributed by atoms with Gasteiger partial charge in [0.1, 0.15) is 5.01 Å². The molecule has 1 amide bonds. The minimum atomic E-state index is -0.258. The van der Waals surface area contributed by atoms with E-state index in [4.69, 9.17) is 0 Å².